The van der Waals surface area contributed by atoms with Gasteiger partial charge in [0.1, 0.15) is 5.82 Å². The van der Waals surface area contributed by atoms with Crippen molar-refractivity contribution in [2.24, 2.45) is 0 Å². The average Bonchev–Trinajstić information content (AvgIpc) is 2.80. The van der Waals surface area contributed by atoms with E-state index in [9.17, 15) is 4.79 Å². The number of aromatic nitrogens is 3. The van der Waals surface area contributed by atoms with Gasteiger partial charge in [0.15, 0.2) is 0 Å². The highest BCUT2D eigenvalue weighted by Gasteiger charge is 2.04. The molecule has 0 atom stereocenters. The third-order valence-electron chi connectivity index (χ3n) is 2.16. The molecule has 2 heterocycles. The minimum absolute atomic E-state index is 0.0522. The van der Waals surface area contributed by atoms with Gasteiger partial charge in [0.2, 0.25) is 0 Å². The van der Waals surface area contributed by atoms with Crippen LogP contribution in [0.2, 0.25) is 0 Å². The third-order valence-corrected chi connectivity index (χ3v) is 2.16. The largest absolute Gasteiger partial charge is 0.481 e. The molecule has 0 unspecified atom stereocenters. The first-order valence-corrected chi connectivity index (χ1v) is 4.92. The Balaban J connectivity index is 2.17. The third kappa shape index (κ3) is 2.44. The maximum atomic E-state index is 10.4. The predicted octanol–water partition coefficient (Wildman–Crippen LogP) is 1.49. The Labute approximate surface area is 92.2 Å². The van der Waals surface area contributed by atoms with Crippen LogP contribution < -0.4 is 0 Å². The number of carboxylic acids is 1. The fraction of sp³-hybridized carbons (Fsp3) is 0.182. The summed E-state index contributed by atoms with van der Waals surface area (Å²) in [6.45, 7) is 0. The maximum Gasteiger partial charge on any atom is 0.303 e. The summed E-state index contributed by atoms with van der Waals surface area (Å²) in [7, 11) is 0. The molecule has 0 spiro atoms. The molecule has 82 valence electrons. The van der Waals surface area contributed by atoms with Crippen molar-refractivity contribution >= 4 is 5.97 Å². The maximum absolute atomic E-state index is 10.4. The number of aryl methyl sites for hydroxylation is 1. The highest BCUT2D eigenvalue weighted by Crippen LogP contribution is 2.15. The highest BCUT2D eigenvalue weighted by molar-refractivity contribution is 5.67. The molecule has 0 fully saturated rings. The number of rotatable bonds is 4. The van der Waals surface area contributed by atoms with Crippen LogP contribution in [-0.4, -0.2) is 26.0 Å². The molecule has 2 rings (SSSR count). The molecule has 16 heavy (non-hydrogen) atoms. The number of carboxylic acid groups (broad SMARTS) is 1. The molecule has 2 aromatic rings. The van der Waals surface area contributed by atoms with E-state index >= 15 is 0 Å². The van der Waals surface area contributed by atoms with Crippen molar-refractivity contribution in [3.63, 3.8) is 0 Å². The second-order valence-electron chi connectivity index (χ2n) is 3.35. The van der Waals surface area contributed by atoms with E-state index < -0.39 is 5.97 Å². The number of aromatic amines is 1. The van der Waals surface area contributed by atoms with Crippen molar-refractivity contribution in [2.75, 3.05) is 0 Å². The van der Waals surface area contributed by atoms with Crippen molar-refractivity contribution < 1.29 is 9.90 Å². The molecule has 2 aromatic heterocycles. The summed E-state index contributed by atoms with van der Waals surface area (Å²) in [5, 5.41) is 8.57. The van der Waals surface area contributed by atoms with E-state index in [1.807, 2.05) is 18.5 Å². The van der Waals surface area contributed by atoms with E-state index in [4.69, 9.17) is 5.11 Å². The fourth-order valence-corrected chi connectivity index (χ4v) is 1.38. The van der Waals surface area contributed by atoms with E-state index in [2.05, 4.69) is 15.0 Å². The zero-order chi connectivity index (χ0) is 11.4. The molecule has 0 aliphatic rings. The number of hydrogen-bond donors (Lipinski definition) is 2. The van der Waals surface area contributed by atoms with Crippen LogP contribution in [0.1, 0.15) is 12.2 Å². The lowest BCUT2D eigenvalue weighted by molar-refractivity contribution is -0.137. The Morgan fingerprint density at radius 1 is 1.44 bits per heavy atom. The van der Waals surface area contributed by atoms with Crippen LogP contribution in [0.4, 0.5) is 0 Å². The highest BCUT2D eigenvalue weighted by atomic mass is 16.4. The van der Waals surface area contributed by atoms with Gasteiger partial charge in [0.05, 0.1) is 12.1 Å². The molecule has 0 amide bonds. The lowest BCUT2D eigenvalue weighted by atomic mass is 10.2. The van der Waals surface area contributed by atoms with Gasteiger partial charge in [0.25, 0.3) is 0 Å². The molecule has 0 aliphatic heterocycles. The number of aliphatic carboxylic acids is 1. The first-order valence-electron chi connectivity index (χ1n) is 4.92. The number of nitrogens with one attached hydrogen (secondary N) is 1. The summed E-state index contributed by atoms with van der Waals surface area (Å²) < 4.78 is 0. The Kier molecular flexibility index (Phi) is 2.95. The first-order chi connectivity index (χ1) is 7.75. The van der Waals surface area contributed by atoms with Crippen molar-refractivity contribution in [1.82, 2.24) is 15.0 Å². The van der Waals surface area contributed by atoms with Gasteiger partial charge in [-0.3, -0.25) is 4.79 Å². The average molecular weight is 217 g/mol. The topological polar surface area (TPSA) is 78.9 Å². The summed E-state index contributed by atoms with van der Waals surface area (Å²) in [6.07, 6.45) is 5.70. The van der Waals surface area contributed by atoms with Crippen LogP contribution in [0.3, 0.4) is 0 Å². The Morgan fingerprint density at radius 3 is 3.00 bits per heavy atom. The first kappa shape index (κ1) is 10.4. The zero-order valence-electron chi connectivity index (χ0n) is 8.55. The summed E-state index contributed by atoms with van der Waals surface area (Å²) in [5.74, 6) is -0.281. The van der Waals surface area contributed by atoms with Gasteiger partial charge in [-0.05, 0) is 12.1 Å². The van der Waals surface area contributed by atoms with Gasteiger partial charge in [0, 0.05) is 30.6 Å². The normalized spacial score (nSPS) is 10.2. The molecule has 0 aliphatic carbocycles. The molecule has 0 bridgehead atoms. The molecule has 5 nitrogen and oxygen atoms in total. The van der Waals surface area contributed by atoms with Crippen LogP contribution in [0.25, 0.3) is 11.3 Å². The van der Waals surface area contributed by atoms with Crippen molar-refractivity contribution in [3.8, 4) is 11.3 Å². The van der Waals surface area contributed by atoms with Crippen LogP contribution in [-0.2, 0) is 11.2 Å². The number of hydrogen-bond acceptors (Lipinski definition) is 3. The van der Waals surface area contributed by atoms with E-state index in [-0.39, 0.29) is 6.42 Å². The quantitative estimate of drug-likeness (QED) is 0.813. The van der Waals surface area contributed by atoms with Crippen molar-refractivity contribution in [1.29, 1.82) is 0 Å². The summed E-state index contributed by atoms with van der Waals surface area (Å²) in [4.78, 5) is 21.7. The SMILES string of the molecule is O=C(O)CCc1nccc(-c2cc[nH]c2)n1. The van der Waals surface area contributed by atoms with Gasteiger partial charge < -0.3 is 10.1 Å². The standard InChI is InChI=1S/C11H11N3O2/c15-11(16)2-1-10-13-6-4-9(14-10)8-3-5-12-7-8/h3-7,12H,1-2H2,(H,15,16). The van der Waals surface area contributed by atoms with Crippen molar-refractivity contribution in [3.05, 3.63) is 36.5 Å². The lowest BCUT2D eigenvalue weighted by Gasteiger charge is -2.00. The monoisotopic (exact) mass is 217 g/mol. The number of carbonyl (C=O) groups is 1. The number of H-pyrrole nitrogens is 1. The van der Waals surface area contributed by atoms with E-state index in [1.165, 1.54) is 0 Å². The van der Waals surface area contributed by atoms with Gasteiger partial charge in [-0.15, -0.1) is 0 Å². The van der Waals surface area contributed by atoms with Crippen LogP contribution >= 0.6 is 0 Å². The molecule has 0 saturated heterocycles. The zero-order valence-corrected chi connectivity index (χ0v) is 8.55. The van der Waals surface area contributed by atoms with Gasteiger partial charge in [-0.1, -0.05) is 0 Å². The van der Waals surface area contributed by atoms with E-state index in [0.717, 1.165) is 11.3 Å². The lowest BCUT2D eigenvalue weighted by Crippen LogP contribution is -2.01. The van der Waals surface area contributed by atoms with Gasteiger partial charge in [-0.2, -0.15) is 0 Å². The van der Waals surface area contributed by atoms with Crippen LogP contribution in [0.15, 0.2) is 30.7 Å². The fourth-order valence-electron chi connectivity index (χ4n) is 1.38. The Hall–Kier alpha value is -2.17. The second kappa shape index (κ2) is 4.57. The summed E-state index contributed by atoms with van der Waals surface area (Å²) >= 11 is 0. The Bertz CT molecular complexity index is 480. The van der Waals surface area contributed by atoms with Crippen LogP contribution in [0, 0.1) is 0 Å². The number of nitrogens with zero attached hydrogens (tertiary/aromatic N) is 2. The second-order valence-corrected chi connectivity index (χ2v) is 3.35. The molecule has 0 radical (unpaired) electrons. The Morgan fingerprint density at radius 2 is 2.31 bits per heavy atom. The molecule has 0 saturated carbocycles. The van der Waals surface area contributed by atoms with E-state index in [0.29, 0.717) is 12.2 Å². The van der Waals surface area contributed by atoms with Gasteiger partial charge >= 0.3 is 5.97 Å². The van der Waals surface area contributed by atoms with Crippen LogP contribution in [0.5, 0.6) is 0 Å². The summed E-state index contributed by atoms with van der Waals surface area (Å²) in [6, 6.07) is 3.71. The summed E-state index contributed by atoms with van der Waals surface area (Å²) in [5.41, 5.74) is 1.77. The molecular formula is C11H11N3O2. The molecule has 0 aromatic carbocycles. The van der Waals surface area contributed by atoms with Crippen molar-refractivity contribution in [2.45, 2.75) is 12.8 Å². The molecule has 2 N–H and O–H groups in total. The minimum atomic E-state index is -0.837. The smallest absolute Gasteiger partial charge is 0.303 e. The minimum Gasteiger partial charge on any atom is -0.481 e. The molecule has 5 heteroatoms. The predicted molar refractivity (Wildman–Crippen MR) is 57.8 cm³/mol. The van der Waals surface area contributed by atoms with E-state index in [1.54, 1.807) is 12.3 Å². The molecular weight excluding hydrogens is 206 g/mol. The van der Waals surface area contributed by atoms with Gasteiger partial charge in [-0.25, -0.2) is 9.97 Å².